The predicted molar refractivity (Wildman–Crippen MR) is 98.5 cm³/mol. The highest BCUT2D eigenvalue weighted by Crippen LogP contribution is 2.32. The van der Waals surface area contributed by atoms with Crippen molar-refractivity contribution < 1.29 is 14.3 Å². The fourth-order valence-electron chi connectivity index (χ4n) is 2.95. The molecule has 0 fully saturated rings. The Morgan fingerprint density at radius 1 is 1.30 bits per heavy atom. The van der Waals surface area contributed by atoms with Crippen LogP contribution >= 0.6 is 0 Å². The van der Waals surface area contributed by atoms with Gasteiger partial charge in [-0.2, -0.15) is 0 Å². The molecule has 2 heterocycles. The Hall–Kier alpha value is -3.62. The van der Waals surface area contributed by atoms with E-state index in [-0.39, 0.29) is 5.91 Å². The number of fused-ring (bicyclic) bond motifs is 1. The van der Waals surface area contributed by atoms with E-state index in [2.05, 4.69) is 20.8 Å². The normalized spacial score (nSPS) is 15.6. The summed E-state index contributed by atoms with van der Waals surface area (Å²) in [6.07, 6.45) is 0.837. The molecule has 1 atom stereocenters. The molecule has 1 N–H and O–H groups in total. The van der Waals surface area contributed by atoms with Gasteiger partial charge >= 0.3 is 0 Å². The Balaban J connectivity index is 1.56. The molecule has 9 heteroatoms. The van der Waals surface area contributed by atoms with Crippen molar-refractivity contribution in [2.24, 2.45) is 0 Å². The maximum atomic E-state index is 12.8. The van der Waals surface area contributed by atoms with Crippen LogP contribution < -0.4 is 19.7 Å². The summed E-state index contributed by atoms with van der Waals surface area (Å²) in [5.41, 5.74) is 2.19. The van der Waals surface area contributed by atoms with Crippen molar-refractivity contribution >= 4 is 17.3 Å². The standard InChI is InChI=1S/C18H18N6O3/c1-23-10-17(27-16-6-4-3-5-15(16)23)18(25)20-12-7-13(9-14(8-12)26-2)24-11-19-21-22-24/h3-9,11,17H,10H2,1-2H3,(H,20,25). The smallest absolute Gasteiger partial charge is 0.267 e. The number of hydrogen-bond acceptors (Lipinski definition) is 7. The molecule has 0 radical (unpaired) electrons. The van der Waals surface area contributed by atoms with Gasteiger partial charge in [0.05, 0.1) is 25.0 Å². The second-order valence-corrected chi connectivity index (χ2v) is 6.12. The van der Waals surface area contributed by atoms with Gasteiger partial charge in [-0.05, 0) is 28.6 Å². The average molecular weight is 366 g/mol. The zero-order valence-corrected chi connectivity index (χ0v) is 14.9. The quantitative estimate of drug-likeness (QED) is 0.748. The van der Waals surface area contributed by atoms with Crippen LogP contribution in [0.15, 0.2) is 48.8 Å². The highest BCUT2D eigenvalue weighted by Gasteiger charge is 2.29. The number of ether oxygens (including phenoxy) is 2. The third kappa shape index (κ3) is 3.39. The predicted octanol–water partition coefficient (Wildman–Crippen LogP) is 1.51. The van der Waals surface area contributed by atoms with E-state index in [1.807, 2.05) is 36.2 Å². The molecule has 0 bridgehead atoms. The minimum absolute atomic E-state index is 0.243. The molecule has 1 aliphatic heterocycles. The zero-order valence-electron chi connectivity index (χ0n) is 14.9. The molecule has 1 amide bonds. The number of amides is 1. The first-order chi connectivity index (χ1) is 13.1. The van der Waals surface area contributed by atoms with E-state index in [1.54, 1.807) is 25.3 Å². The molecule has 4 rings (SSSR count). The Morgan fingerprint density at radius 3 is 2.93 bits per heavy atom. The number of nitrogens with one attached hydrogen (secondary N) is 1. The molecule has 1 unspecified atom stereocenters. The number of carbonyl (C=O) groups excluding carboxylic acids is 1. The van der Waals surface area contributed by atoms with Gasteiger partial charge in [-0.1, -0.05) is 12.1 Å². The summed E-state index contributed by atoms with van der Waals surface area (Å²) in [6.45, 7) is 0.451. The summed E-state index contributed by atoms with van der Waals surface area (Å²) in [5.74, 6) is 1.02. The lowest BCUT2D eigenvalue weighted by molar-refractivity contribution is -0.122. The number of methoxy groups -OCH3 is 1. The Kier molecular flexibility index (Phi) is 4.33. The number of hydrogen-bond donors (Lipinski definition) is 1. The van der Waals surface area contributed by atoms with Gasteiger partial charge in [-0.15, -0.1) is 5.10 Å². The van der Waals surface area contributed by atoms with E-state index in [0.29, 0.717) is 29.4 Å². The fourth-order valence-corrected chi connectivity index (χ4v) is 2.95. The molecule has 0 aliphatic carbocycles. The Morgan fingerprint density at radius 2 is 2.15 bits per heavy atom. The van der Waals surface area contributed by atoms with Gasteiger partial charge in [0.2, 0.25) is 0 Å². The van der Waals surface area contributed by atoms with Crippen molar-refractivity contribution in [3.63, 3.8) is 0 Å². The van der Waals surface area contributed by atoms with Gasteiger partial charge in [0.15, 0.2) is 6.10 Å². The first-order valence-corrected chi connectivity index (χ1v) is 8.34. The first-order valence-electron chi connectivity index (χ1n) is 8.34. The van der Waals surface area contributed by atoms with Crippen molar-refractivity contribution in [2.45, 2.75) is 6.10 Å². The maximum absolute atomic E-state index is 12.8. The van der Waals surface area contributed by atoms with Crippen molar-refractivity contribution in [3.05, 3.63) is 48.8 Å². The number of tetrazole rings is 1. The molecule has 2 aromatic carbocycles. The topological polar surface area (TPSA) is 94.4 Å². The SMILES string of the molecule is COc1cc(NC(=O)C2CN(C)c3ccccc3O2)cc(-n2cnnn2)c1. The zero-order chi connectivity index (χ0) is 18.8. The molecular formula is C18H18N6O3. The number of para-hydroxylation sites is 2. The fraction of sp³-hybridized carbons (Fsp3) is 0.222. The summed E-state index contributed by atoms with van der Waals surface area (Å²) in [5, 5.41) is 14.0. The van der Waals surface area contributed by atoms with Crippen molar-refractivity contribution in [1.82, 2.24) is 20.2 Å². The lowest BCUT2D eigenvalue weighted by Gasteiger charge is -2.32. The summed E-state index contributed by atoms with van der Waals surface area (Å²) >= 11 is 0. The molecule has 9 nitrogen and oxygen atoms in total. The van der Waals surface area contributed by atoms with E-state index in [0.717, 1.165) is 5.69 Å². The number of likely N-dealkylation sites (N-methyl/N-ethyl adjacent to an activating group) is 1. The van der Waals surface area contributed by atoms with E-state index >= 15 is 0 Å². The molecule has 0 spiro atoms. The van der Waals surface area contributed by atoms with E-state index < -0.39 is 6.10 Å². The molecule has 27 heavy (non-hydrogen) atoms. The van der Waals surface area contributed by atoms with Crippen molar-refractivity contribution in [3.8, 4) is 17.2 Å². The maximum Gasteiger partial charge on any atom is 0.267 e. The van der Waals surface area contributed by atoms with Gasteiger partial charge in [0.1, 0.15) is 17.8 Å². The average Bonchev–Trinajstić information content (AvgIpc) is 3.22. The molecule has 0 saturated carbocycles. The molecule has 1 aromatic heterocycles. The highest BCUT2D eigenvalue weighted by molar-refractivity contribution is 5.95. The van der Waals surface area contributed by atoms with Gasteiger partial charge in [0, 0.05) is 24.9 Å². The summed E-state index contributed by atoms with van der Waals surface area (Å²) in [7, 11) is 3.49. The minimum Gasteiger partial charge on any atom is -0.497 e. The van der Waals surface area contributed by atoms with E-state index in [4.69, 9.17) is 9.47 Å². The van der Waals surface area contributed by atoms with Crippen LogP contribution in [0.5, 0.6) is 11.5 Å². The number of aromatic nitrogens is 4. The lowest BCUT2D eigenvalue weighted by atomic mass is 10.2. The van der Waals surface area contributed by atoms with Crippen LogP contribution in [0.25, 0.3) is 5.69 Å². The summed E-state index contributed by atoms with van der Waals surface area (Å²) < 4.78 is 12.7. The van der Waals surface area contributed by atoms with Crippen LogP contribution in [-0.2, 0) is 4.79 Å². The van der Waals surface area contributed by atoms with Crippen molar-refractivity contribution in [2.75, 3.05) is 30.9 Å². The van der Waals surface area contributed by atoms with Gasteiger partial charge in [-0.25, -0.2) is 4.68 Å². The highest BCUT2D eigenvalue weighted by atomic mass is 16.5. The number of anilines is 2. The minimum atomic E-state index is -0.632. The Labute approximate surface area is 155 Å². The molecule has 1 aliphatic rings. The third-order valence-electron chi connectivity index (χ3n) is 4.29. The van der Waals surface area contributed by atoms with Crippen LogP contribution in [0.2, 0.25) is 0 Å². The van der Waals surface area contributed by atoms with Gasteiger partial charge in [-0.3, -0.25) is 4.79 Å². The second-order valence-electron chi connectivity index (χ2n) is 6.12. The van der Waals surface area contributed by atoms with Crippen LogP contribution in [0.3, 0.4) is 0 Å². The van der Waals surface area contributed by atoms with Crippen LogP contribution in [0.1, 0.15) is 0 Å². The van der Waals surface area contributed by atoms with Crippen LogP contribution in [-0.4, -0.2) is 52.9 Å². The van der Waals surface area contributed by atoms with Gasteiger partial charge in [0.25, 0.3) is 5.91 Å². The number of rotatable bonds is 4. The van der Waals surface area contributed by atoms with Crippen molar-refractivity contribution in [1.29, 1.82) is 0 Å². The number of benzene rings is 2. The van der Waals surface area contributed by atoms with Crippen LogP contribution in [0, 0.1) is 0 Å². The second kappa shape index (κ2) is 6.94. The monoisotopic (exact) mass is 366 g/mol. The molecule has 3 aromatic rings. The largest absolute Gasteiger partial charge is 0.497 e. The van der Waals surface area contributed by atoms with Gasteiger partial charge < -0.3 is 19.7 Å². The molecule has 138 valence electrons. The molecular weight excluding hydrogens is 348 g/mol. The number of nitrogens with zero attached hydrogens (tertiary/aromatic N) is 5. The van der Waals surface area contributed by atoms with Crippen LogP contribution in [0.4, 0.5) is 11.4 Å². The number of carbonyl (C=O) groups is 1. The van der Waals surface area contributed by atoms with E-state index in [9.17, 15) is 4.79 Å². The molecule has 0 saturated heterocycles. The lowest BCUT2D eigenvalue weighted by Crippen LogP contribution is -2.45. The summed E-state index contributed by atoms with van der Waals surface area (Å²) in [6, 6.07) is 12.9. The first kappa shape index (κ1) is 16.8. The third-order valence-corrected chi connectivity index (χ3v) is 4.29. The summed E-state index contributed by atoms with van der Waals surface area (Å²) in [4.78, 5) is 14.8. The Bertz CT molecular complexity index is 959. The van der Waals surface area contributed by atoms with E-state index in [1.165, 1.54) is 11.0 Å².